The predicted molar refractivity (Wildman–Crippen MR) is 152 cm³/mol. The fourth-order valence-corrected chi connectivity index (χ4v) is 6.45. The Balaban J connectivity index is 1.90. The Bertz CT molecular complexity index is 1620. The Hall–Kier alpha value is -3.24. The van der Waals surface area contributed by atoms with Gasteiger partial charge < -0.3 is 4.42 Å². The van der Waals surface area contributed by atoms with Crippen LogP contribution in [0.4, 0.5) is 4.39 Å². The number of pyridine rings is 1. The van der Waals surface area contributed by atoms with E-state index < -0.39 is 8.07 Å². The van der Waals surface area contributed by atoms with Crippen molar-refractivity contribution in [2.24, 2.45) is 7.05 Å². The van der Waals surface area contributed by atoms with Gasteiger partial charge in [-0.05, 0) is 46.3 Å². The van der Waals surface area contributed by atoms with Crippen molar-refractivity contribution in [3.8, 4) is 22.4 Å². The van der Waals surface area contributed by atoms with Gasteiger partial charge in [0.1, 0.15) is 24.0 Å². The van der Waals surface area contributed by atoms with Crippen molar-refractivity contribution in [3.05, 3.63) is 83.8 Å². The molecule has 0 radical (unpaired) electrons. The normalized spacial score (nSPS) is 12.6. The fourth-order valence-electron chi connectivity index (χ4n) is 5.09. The molecule has 0 aliphatic heterocycles. The van der Waals surface area contributed by atoms with Crippen LogP contribution in [0.3, 0.4) is 0 Å². The summed E-state index contributed by atoms with van der Waals surface area (Å²) in [6, 6.07) is 20.8. The highest BCUT2D eigenvalue weighted by Crippen LogP contribution is 2.42. The monoisotopic (exact) mass is 496 g/mol. The van der Waals surface area contributed by atoms with Crippen LogP contribution in [-0.2, 0) is 12.5 Å². The number of nitrogens with zero attached hydrogens (tertiary/aromatic N) is 1. The molecule has 0 saturated heterocycles. The van der Waals surface area contributed by atoms with Crippen molar-refractivity contribution in [2.45, 2.75) is 52.8 Å². The molecule has 5 aromatic rings. The third-order valence-corrected chi connectivity index (χ3v) is 9.22. The second-order valence-corrected chi connectivity index (χ2v) is 17.0. The minimum Gasteiger partial charge on any atom is -0.454 e. The van der Waals surface area contributed by atoms with Gasteiger partial charge in [0.25, 0.3) is 0 Å². The van der Waals surface area contributed by atoms with Crippen LogP contribution in [0.1, 0.15) is 31.9 Å². The third kappa shape index (κ3) is 3.98. The number of halogens is 1. The van der Waals surface area contributed by atoms with Gasteiger partial charge in [-0.3, -0.25) is 0 Å². The first-order chi connectivity index (χ1) is 16.9. The lowest BCUT2D eigenvalue weighted by atomic mass is 9.86. The number of aromatic nitrogens is 1. The van der Waals surface area contributed by atoms with E-state index in [2.05, 4.69) is 88.3 Å². The maximum atomic E-state index is 16.4. The van der Waals surface area contributed by atoms with Crippen molar-refractivity contribution in [2.75, 3.05) is 0 Å². The summed E-state index contributed by atoms with van der Waals surface area (Å²) in [5, 5.41) is 2.85. The lowest BCUT2D eigenvalue weighted by Gasteiger charge is -2.21. The van der Waals surface area contributed by atoms with Crippen LogP contribution in [0, 0.1) is 12.7 Å². The fraction of sp³-hybridized carbons (Fsp3) is 0.281. The minimum absolute atomic E-state index is 0.0313. The van der Waals surface area contributed by atoms with Gasteiger partial charge in [0.15, 0.2) is 6.20 Å². The zero-order valence-electron chi connectivity index (χ0n) is 22.6. The van der Waals surface area contributed by atoms with Crippen LogP contribution in [-0.4, -0.2) is 8.07 Å². The molecule has 0 bridgehead atoms. The smallest absolute Gasteiger partial charge is 0.216 e. The Labute approximate surface area is 214 Å². The van der Waals surface area contributed by atoms with Gasteiger partial charge in [0.2, 0.25) is 5.69 Å². The first-order valence-corrected chi connectivity index (χ1v) is 16.1. The molecule has 4 heteroatoms. The maximum Gasteiger partial charge on any atom is 0.216 e. The van der Waals surface area contributed by atoms with Crippen LogP contribution in [0.2, 0.25) is 19.6 Å². The van der Waals surface area contributed by atoms with Gasteiger partial charge >= 0.3 is 0 Å². The average Bonchev–Trinajstić information content (AvgIpc) is 3.16. The molecule has 0 aliphatic carbocycles. The van der Waals surface area contributed by atoms with Crippen LogP contribution in [0.15, 0.2) is 71.3 Å². The molecule has 0 spiro atoms. The Morgan fingerprint density at radius 1 is 0.833 bits per heavy atom. The predicted octanol–water partition coefficient (Wildman–Crippen LogP) is 8.03. The van der Waals surface area contributed by atoms with Gasteiger partial charge in [0.05, 0.1) is 19.2 Å². The highest BCUT2D eigenvalue weighted by atomic mass is 28.3. The molecule has 36 heavy (non-hydrogen) atoms. The quantitative estimate of drug-likeness (QED) is 0.182. The van der Waals surface area contributed by atoms with E-state index in [1.54, 1.807) is 0 Å². The number of fused-ring (bicyclic) bond motifs is 3. The molecule has 2 nitrogen and oxygen atoms in total. The van der Waals surface area contributed by atoms with Crippen LogP contribution >= 0.6 is 0 Å². The first kappa shape index (κ1) is 24.5. The molecule has 0 fully saturated rings. The maximum absolute atomic E-state index is 16.4. The molecule has 184 valence electrons. The number of benzene rings is 3. The number of hydrogen-bond donors (Lipinski definition) is 0. The molecule has 2 heterocycles. The summed E-state index contributed by atoms with van der Waals surface area (Å²) in [7, 11) is 0.0640. The SMILES string of the molecule is Cc1ccc2c(oc3c(-c4ccc(C(C)(C)C)cc4)c(F)c([Si](C)(C)C)cc32)c1-c1cccc[n+]1C. The molecule has 0 saturated carbocycles. The summed E-state index contributed by atoms with van der Waals surface area (Å²) in [4.78, 5) is 0. The van der Waals surface area contributed by atoms with Crippen molar-refractivity contribution in [3.63, 3.8) is 0 Å². The van der Waals surface area contributed by atoms with Crippen LogP contribution < -0.4 is 9.75 Å². The standard InChI is InChI=1S/C32H35FNOSi/c1-20-12-17-23-24-19-26(36(6,7)8)29(33)28(21-13-15-22(16-14-21)32(2,3)4)31(24)35-30(23)27(20)25-11-9-10-18-34(25)5/h9-19H,1-8H3/q+1. The molecule has 3 aromatic carbocycles. The molecule has 2 aromatic heterocycles. The van der Waals surface area contributed by atoms with Gasteiger partial charge in [0, 0.05) is 22.9 Å². The molecule has 0 N–H and O–H groups in total. The summed E-state index contributed by atoms with van der Waals surface area (Å²) in [5.41, 5.74) is 7.37. The Kier molecular flexibility index (Phi) is 5.71. The van der Waals surface area contributed by atoms with Crippen LogP contribution in [0.25, 0.3) is 44.3 Å². The molecule has 0 atom stereocenters. The molecule has 0 amide bonds. The summed E-state index contributed by atoms with van der Waals surface area (Å²) < 4.78 is 25.2. The lowest BCUT2D eigenvalue weighted by molar-refractivity contribution is -0.660. The molecule has 0 unspecified atom stereocenters. The van der Waals surface area contributed by atoms with Crippen molar-refractivity contribution in [1.82, 2.24) is 0 Å². The highest BCUT2D eigenvalue weighted by Gasteiger charge is 2.29. The van der Waals surface area contributed by atoms with E-state index in [0.29, 0.717) is 11.1 Å². The zero-order valence-corrected chi connectivity index (χ0v) is 23.6. The number of furan rings is 1. The third-order valence-electron chi connectivity index (χ3n) is 7.24. The molecular weight excluding hydrogens is 461 g/mol. The van der Waals surface area contributed by atoms with E-state index in [-0.39, 0.29) is 11.2 Å². The van der Waals surface area contributed by atoms with Crippen LogP contribution in [0.5, 0.6) is 0 Å². The van der Waals surface area contributed by atoms with E-state index in [4.69, 9.17) is 4.42 Å². The van der Waals surface area contributed by atoms with E-state index in [1.165, 1.54) is 5.56 Å². The number of rotatable bonds is 3. The molecule has 5 rings (SSSR count). The summed E-state index contributed by atoms with van der Waals surface area (Å²) >= 11 is 0. The van der Waals surface area contributed by atoms with Gasteiger partial charge in [-0.25, -0.2) is 8.96 Å². The molecule has 0 aliphatic rings. The number of hydrogen-bond acceptors (Lipinski definition) is 1. The summed E-state index contributed by atoms with van der Waals surface area (Å²) in [5.74, 6) is -0.146. The number of aryl methyl sites for hydroxylation is 2. The highest BCUT2D eigenvalue weighted by molar-refractivity contribution is 6.89. The average molecular weight is 497 g/mol. The Morgan fingerprint density at radius 2 is 1.50 bits per heavy atom. The van der Waals surface area contributed by atoms with Crippen molar-refractivity contribution < 1.29 is 13.4 Å². The topological polar surface area (TPSA) is 17.0 Å². The Morgan fingerprint density at radius 3 is 2.11 bits per heavy atom. The first-order valence-electron chi connectivity index (χ1n) is 12.6. The van der Waals surface area contributed by atoms with Gasteiger partial charge in [-0.15, -0.1) is 0 Å². The zero-order chi connectivity index (χ0) is 26.0. The summed E-state index contributed by atoms with van der Waals surface area (Å²) in [6.45, 7) is 15.3. The van der Waals surface area contributed by atoms with Crippen molar-refractivity contribution in [1.29, 1.82) is 0 Å². The minimum atomic E-state index is -1.98. The van der Waals surface area contributed by atoms with E-state index in [9.17, 15) is 0 Å². The van der Waals surface area contributed by atoms with E-state index in [0.717, 1.165) is 43.9 Å². The largest absolute Gasteiger partial charge is 0.454 e. The van der Waals surface area contributed by atoms with E-state index in [1.807, 2.05) is 37.5 Å². The second-order valence-electron chi connectivity index (χ2n) is 12.0. The van der Waals surface area contributed by atoms with E-state index >= 15 is 4.39 Å². The lowest BCUT2D eigenvalue weighted by Crippen LogP contribution is -2.40. The van der Waals surface area contributed by atoms with Crippen molar-refractivity contribution >= 4 is 35.2 Å². The van der Waals surface area contributed by atoms with Gasteiger partial charge in [-0.2, -0.15) is 0 Å². The van der Waals surface area contributed by atoms with Gasteiger partial charge in [-0.1, -0.05) is 76.8 Å². The second kappa shape index (κ2) is 8.41. The molecular formula is C32H35FNOSi+. The summed E-state index contributed by atoms with van der Waals surface area (Å²) in [6.07, 6.45) is 2.04.